The van der Waals surface area contributed by atoms with E-state index in [9.17, 15) is 17.6 Å². The third kappa shape index (κ3) is 5.62. The standard InChI is InChI=1S/C17H18BrFN2O3S/c1-21(12-13-4-2-3-5-16(13)18)17(22)10-11-20-25(23,24)15-8-6-14(19)7-9-15/h2-9,20H,10-12H2,1H3. The van der Waals surface area contributed by atoms with Crippen LogP contribution in [0.3, 0.4) is 0 Å². The zero-order valence-electron chi connectivity index (χ0n) is 13.6. The van der Waals surface area contributed by atoms with Crippen LogP contribution in [-0.4, -0.2) is 32.8 Å². The molecular weight excluding hydrogens is 411 g/mol. The fourth-order valence-corrected chi connectivity index (χ4v) is 3.59. The molecule has 1 amide bonds. The van der Waals surface area contributed by atoms with Gasteiger partial charge in [-0.05, 0) is 35.9 Å². The number of sulfonamides is 1. The SMILES string of the molecule is CN(Cc1ccccc1Br)C(=O)CCNS(=O)(=O)c1ccc(F)cc1. The molecule has 0 saturated heterocycles. The van der Waals surface area contributed by atoms with Gasteiger partial charge in [-0.25, -0.2) is 17.5 Å². The smallest absolute Gasteiger partial charge is 0.240 e. The van der Waals surface area contributed by atoms with Gasteiger partial charge in [0, 0.05) is 31.0 Å². The van der Waals surface area contributed by atoms with E-state index in [-0.39, 0.29) is 23.8 Å². The first-order chi connectivity index (χ1) is 11.8. The molecule has 134 valence electrons. The molecule has 5 nitrogen and oxygen atoms in total. The van der Waals surface area contributed by atoms with Gasteiger partial charge in [-0.2, -0.15) is 0 Å². The van der Waals surface area contributed by atoms with Crippen molar-refractivity contribution in [2.45, 2.75) is 17.9 Å². The Morgan fingerprint density at radius 3 is 2.44 bits per heavy atom. The maximum atomic E-state index is 12.9. The van der Waals surface area contributed by atoms with Crippen LogP contribution >= 0.6 is 15.9 Å². The predicted molar refractivity (Wildman–Crippen MR) is 96.8 cm³/mol. The van der Waals surface area contributed by atoms with E-state index in [4.69, 9.17) is 0 Å². The number of nitrogens with zero attached hydrogens (tertiary/aromatic N) is 1. The zero-order chi connectivity index (χ0) is 18.4. The predicted octanol–water partition coefficient (Wildman–Crippen LogP) is 2.92. The summed E-state index contributed by atoms with van der Waals surface area (Å²) in [6.45, 7) is 0.393. The Kier molecular flexibility index (Phi) is 6.69. The summed E-state index contributed by atoms with van der Waals surface area (Å²) < 4.78 is 40.2. The lowest BCUT2D eigenvalue weighted by Gasteiger charge is -2.18. The highest BCUT2D eigenvalue weighted by Crippen LogP contribution is 2.17. The van der Waals surface area contributed by atoms with E-state index in [1.165, 1.54) is 17.0 Å². The van der Waals surface area contributed by atoms with Crippen LogP contribution in [0.2, 0.25) is 0 Å². The Balaban J connectivity index is 1.87. The van der Waals surface area contributed by atoms with Gasteiger partial charge in [0.1, 0.15) is 5.82 Å². The minimum absolute atomic E-state index is 0.0289. The first-order valence-corrected chi connectivity index (χ1v) is 9.80. The normalized spacial score (nSPS) is 11.3. The third-order valence-corrected chi connectivity index (χ3v) is 5.80. The maximum absolute atomic E-state index is 12.9. The molecule has 2 rings (SSSR count). The maximum Gasteiger partial charge on any atom is 0.240 e. The minimum atomic E-state index is -3.76. The van der Waals surface area contributed by atoms with Crippen LogP contribution in [-0.2, 0) is 21.4 Å². The van der Waals surface area contributed by atoms with Gasteiger partial charge < -0.3 is 4.90 Å². The highest BCUT2D eigenvalue weighted by Gasteiger charge is 2.16. The third-order valence-electron chi connectivity index (χ3n) is 3.55. The van der Waals surface area contributed by atoms with Gasteiger partial charge in [-0.1, -0.05) is 34.1 Å². The van der Waals surface area contributed by atoms with Crippen molar-refractivity contribution in [3.05, 3.63) is 64.4 Å². The van der Waals surface area contributed by atoms with Crippen molar-refractivity contribution in [1.29, 1.82) is 0 Å². The number of hydrogen-bond acceptors (Lipinski definition) is 3. The largest absolute Gasteiger partial charge is 0.341 e. The number of carbonyl (C=O) groups excluding carboxylic acids is 1. The van der Waals surface area contributed by atoms with E-state index >= 15 is 0 Å². The molecule has 2 aromatic rings. The molecule has 8 heteroatoms. The van der Waals surface area contributed by atoms with Crippen LogP contribution in [0.25, 0.3) is 0 Å². The van der Waals surface area contributed by atoms with E-state index in [2.05, 4.69) is 20.7 Å². The lowest BCUT2D eigenvalue weighted by Crippen LogP contribution is -2.32. The van der Waals surface area contributed by atoms with Crippen molar-refractivity contribution >= 4 is 31.9 Å². The number of halogens is 2. The van der Waals surface area contributed by atoms with E-state index in [0.717, 1.165) is 22.2 Å². The lowest BCUT2D eigenvalue weighted by atomic mass is 10.2. The first-order valence-electron chi connectivity index (χ1n) is 7.52. The second kappa shape index (κ2) is 8.55. The number of rotatable bonds is 7. The lowest BCUT2D eigenvalue weighted by molar-refractivity contribution is -0.130. The van der Waals surface area contributed by atoms with Gasteiger partial charge >= 0.3 is 0 Å². The molecule has 0 spiro atoms. The fraction of sp³-hybridized carbons (Fsp3) is 0.235. The van der Waals surface area contributed by atoms with Crippen LogP contribution in [0.15, 0.2) is 57.9 Å². The Labute approximate surface area is 155 Å². The number of nitrogens with one attached hydrogen (secondary N) is 1. The second-order valence-electron chi connectivity index (χ2n) is 5.44. The molecule has 0 unspecified atom stereocenters. The summed E-state index contributed by atoms with van der Waals surface area (Å²) in [5, 5.41) is 0. The van der Waals surface area contributed by atoms with Crippen LogP contribution in [0.4, 0.5) is 4.39 Å². The molecule has 0 aliphatic rings. The van der Waals surface area contributed by atoms with Crippen molar-refractivity contribution in [2.24, 2.45) is 0 Å². The summed E-state index contributed by atoms with van der Waals surface area (Å²) in [5.41, 5.74) is 0.963. The molecule has 1 N–H and O–H groups in total. The Morgan fingerprint density at radius 2 is 1.80 bits per heavy atom. The molecular formula is C17H18BrFN2O3S. The minimum Gasteiger partial charge on any atom is -0.341 e. The summed E-state index contributed by atoms with van der Waals surface area (Å²) in [4.78, 5) is 13.6. The van der Waals surface area contributed by atoms with E-state index in [1.807, 2.05) is 24.3 Å². The van der Waals surface area contributed by atoms with Gasteiger partial charge in [0.05, 0.1) is 4.90 Å². The average molecular weight is 429 g/mol. The molecule has 0 aromatic heterocycles. The van der Waals surface area contributed by atoms with Crippen LogP contribution in [0.5, 0.6) is 0 Å². The monoisotopic (exact) mass is 428 g/mol. The zero-order valence-corrected chi connectivity index (χ0v) is 16.0. The fourth-order valence-electron chi connectivity index (χ4n) is 2.15. The highest BCUT2D eigenvalue weighted by molar-refractivity contribution is 9.10. The van der Waals surface area contributed by atoms with Crippen molar-refractivity contribution in [2.75, 3.05) is 13.6 Å². The molecule has 0 aliphatic heterocycles. The Bertz CT molecular complexity index is 841. The van der Waals surface area contributed by atoms with Gasteiger partial charge in [0.2, 0.25) is 15.9 Å². The second-order valence-corrected chi connectivity index (χ2v) is 8.06. The van der Waals surface area contributed by atoms with Gasteiger partial charge in [0.15, 0.2) is 0 Å². The van der Waals surface area contributed by atoms with E-state index < -0.39 is 15.8 Å². The first kappa shape index (κ1) is 19.6. The molecule has 0 saturated carbocycles. The molecule has 0 aliphatic carbocycles. The molecule has 2 aromatic carbocycles. The number of benzene rings is 2. The van der Waals surface area contributed by atoms with E-state index in [0.29, 0.717) is 6.54 Å². The number of hydrogen-bond donors (Lipinski definition) is 1. The van der Waals surface area contributed by atoms with Crippen molar-refractivity contribution in [3.63, 3.8) is 0 Å². The van der Waals surface area contributed by atoms with Crippen LogP contribution in [0.1, 0.15) is 12.0 Å². The van der Waals surface area contributed by atoms with Crippen LogP contribution in [0, 0.1) is 5.82 Å². The summed E-state index contributed by atoms with van der Waals surface area (Å²) in [6, 6.07) is 12.1. The summed E-state index contributed by atoms with van der Waals surface area (Å²) in [5.74, 6) is -0.694. The molecule has 25 heavy (non-hydrogen) atoms. The van der Waals surface area contributed by atoms with Crippen molar-refractivity contribution in [3.8, 4) is 0 Å². The van der Waals surface area contributed by atoms with Crippen molar-refractivity contribution < 1.29 is 17.6 Å². The number of amides is 1. The highest BCUT2D eigenvalue weighted by atomic mass is 79.9. The van der Waals surface area contributed by atoms with E-state index in [1.54, 1.807) is 7.05 Å². The Hall–Kier alpha value is -1.77. The molecule has 0 atom stereocenters. The summed E-state index contributed by atoms with van der Waals surface area (Å²) in [7, 11) is -2.10. The van der Waals surface area contributed by atoms with Crippen molar-refractivity contribution in [1.82, 2.24) is 9.62 Å². The summed E-state index contributed by atoms with van der Waals surface area (Å²) >= 11 is 3.43. The molecule has 0 radical (unpaired) electrons. The number of carbonyl (C=O) groups is 1. The quantitative estimate of drug-likeness (QED) is 0.736. The molecule has 0 heterocycles. The topological polar surface area (TPSA) is 66.5 Å². The van der Waals surface area contributed by atoms with Crippen LogP contribution < -0.4 is 4.72 Å². The molecule has 0 fully saturated rings. The summed E-state index contributed by atoms with van der Waals surface area (Å²) in [6.07, 6.45) is 0.0291. The van der Waals surface area contributed by atoms with Gasteiger partial charge in [-0.3, -0.25) is 4.79 Å². The van der Waals surface area contributed by atoms with Gasteiger partial charge in [0.25, 0.3) is 0 Å². The Morgan fingerprint density at radius 1 is 1.16 bits per heavy atom. The van der Waals surface area contributed by atoms with Gasteiger partial charge in [-0.15, -0.1) is 0 Å². The molecule has 0 bridgehead atoms. The average Bonchev–Trinajstić information content (AvgIpc) is 2.57.